The van der Waals surface area contributed by atoms with Gasteiger partial charge in [-0.05, 0) is 34.5 Å². The van der Waals surface area contributed by atoms with Gasteiger partial charge in [-0.1, -0.05) is 121 Å². The zero-order valence-electron chi connectivity index (χ0n) is 17.2. The van der Waals surface area contributed by atoms with Gasteiger partial charge in [0.15, 0.2) is 0 Å². The standard InChI is InChI=1S/C28H26OSi/c1-30(25-18-10-4-11-19-25,26-20-12-5-13-21-26)29-28(24-16-8-3-9-17-24)22-27(28)23-14-6-2-7-15-23/h2-21,27H,22H2,1H3. The minimum Gasteiger partial charge on any atom is -0.398 e. The fraction of sp³-hybridized carbons (Fsp3) is 0.143. The topological polar surface area (TPSA) is 9.23 Å². The van der Waals surface area contributed by atoms with E-state index in [9.17, 15) is 0 Å². The monoisotopic (exact) mass is 406 g/mol. The summed E-state index contributed by atoms with van der Waals surface area (Å²) in [7, 11) is -2.43. The maximum Gasteiger partial charge on any atom is 0.253 e. The number of rotatable bonds is 6. The highest BCUT2D eigenvalue weighted by molar-refractivity contribution is 6.96. The SMILES string of the molecule is C[Si](OC1(c2ccccc2)CC1c1ccccc1)(c1ccccc1)c1ccccc1. The van der Waals surface area contributed by atoms with Crippen LogP contribution in [0.5, 0.6) is 0 Å². The van der Waals surface area contributed by atoms with Crippen molar-refractivity contribution in [1.29, 1.82) is 0 Å². The van der Waals surface area contributed by atoms with Gasteiger partial charge in [0, 0.05) is 5.92 Å². The molecule has 4 aromatic rings. The van der Waals surface area contributed by atoms with Gasteiger partial charge in [0.05, 0.1) is 5.60 Å². The van der Waals surface area contributed by atoms with Gasteiger partial charge in [0.2, 0.25) is 0 Å². The summed E-state index contributed by atoms with van der Waals surface area (Å²) in [5, 5.41) is 2.62. The Kier molecular flexibility index (Phi) is 4.90. The second-order valence-electron chi connectivity index (χ2n) is 8.29. The molecule has 1 saturated carbocycles. The molecule has 30 heavy (non-hydrogen) atoms. The van der Waals surface area contributed by atoms with Crippen molar-refractivity contribution in [3.05, 3.63) is 132 Å². The first kappa shape index (κ1) is 19.0. The molecule has 0 N–H and O–H groups in total. The van der Waals surface area contributed by atoms with Crippen LogP contribution in [-0.4, -0.2) is 8.32 Å². The third-order valence-electron chi connectivity index (χ3n) is 6.41. The van der Waals surface area contributed by atoms with E-state index in [0.29, 0.717) is 5.92 Å². The number of hydrogen-bond acceptors (Lipinski definition) is 1. The Balaban J connectivity index is 1.63. The molecule has 0 aliphatic heterocycles. The molecule has 0 saturated heterocycles. The summed E-state index contributed by atoms with van der Waals surface area (Å²) < 4.78 is 7.40. The Morgan fingerprint density at radius 1 is 0.633 bits per heavy atom. The molecule has 148 valence electrons. The Bertz CT molecular complexity index is 1060. The van der Waals surface area contributed by atoms with Crippen molar-refractivity contribution in [2.45, 2.75) is 24.5 Å². The van der Waals surface area contributed by atoms with Crippen LogP contribution in [0.1, 0.15) is 23.5 Å². The molecule has 2 unspecified atom stereocenters. The maximum atomic E-state index is 7.40. The van der Waals surface area contributed by atoms with E-state index in [2.05, 4.69) is 128 Å². The molecule has 2 atom stereocenters. The fourth-order valence-corrected chi connectivity index (χ4v) is 7.99. The summed E-state index contributed by atoms with van der Waals surface area (Å²) in [5.41, 5.74) is 2.36. The van der Waals surface area contributed by atoms with Gasteiger partial charge in [-0.15, -0.1) is 0 Å². The lowest BCUT2D eigenvalue weighted by Gasteiger charge is -2.35. The van der Waals surface area contributed by atoms with Crippen LogP contribution in [-0.2, 0) is 10.0 Å². The van der Waals surface area contributed by atoms with Crippen LogP contribution in [0.4, 0.5) is 0 Å². The second-order valence-corrected chi connectivity index (χ2v) is 11.7. The molecule has 1 fully saturated rings. The van der Waals surface area contributed by atoms with Crippen molar-refractivity contribution in [3.8, 4) is 0 Å². The van der Waals surface area contributed by atoms with Crippen molar-refractivity contribution in [2.24, 2.45) is 0 Å². The van der Waals surface area contributed by atoms with Gasteiger partial charge in [0.1, 0.15) is 0 Å². The Labute approximate surface area is 180 Å². The quantitative estimate of drug-likeness (QED) is 0.386. The predicted molar refractivity (Wildman–Crippen MR) is 127 cm³/mol. The van der Waals surface area contributed by atoms with Crippen molar-refractivity contribution in [2.75, 3.05) is 0 Å². The summed E-state index contributed by atoms with van der Waals surface area (Å²) in [6.07, 6.45) is 1.02. The van der Waals surface area contributed by atoms with E-state index in [1.165, 1.54) is 21.5 Å². The van der Waals surface area contributed by atoms with Crippen LogP contribution in [0, 0.1) is 0 Å². The minimum absolute atomic E-state index is 0.282. The summed E-state index contributed by atoms with van der Waals surface area (Å²) in [4.78, 5) is 0. The third-order valence-corrected chi connectivity index (χ3v) is 10.1. The lowest BCUT2D eigenvalue weighted by atomic mass is 10.0. The van der Waals surface area contributed by atoms with Crippen LogP contribution in [0.25, 0.3) is 0 Å². The largest absolute Gasteiger partial charge is 0.398 e. The lowest BCUT2D eigenvalue weighted by Crippen LogP contribution is -2.60. The van der Waals surface area contributed by atoms with E-state index >= 15 is 0 Å². The average Bonchev–Trinajstić information content (AvgIpc) is 3.56. The first-order valence-corrected chi connectivity index (χ1v) is 13.0. The van der Waals surface area contributed by atoms with E-state index < -0.39 is 8.32 Å². The zero-order valence-corrected chi connectivity index (χ0v) is 18.2. The van der Waals surface area contributed by atoms with E-state index in [1.807, 2.05) is 0 Å². The molecule has 0 bridgehead atoms. The highest BCUT2D eigenvalue weighted by Gasteiger charge is 2.60. The molecule has 5 rings (SSSR count). The molecular formula is C28H26OSi. The molecule has 1 aliphatic rings. The van der Waals surface area contributed by atoms with Crippen LogP contribution in [0.3, 0.4) is 0 Å². The second kappa shape index (κ2) is 7.71. The molecule has 0 radical (unpaired) electrons. The zero-order chi connectivity index (χ0) is 20.4. The predicted octanol–water partition coefficient (Wildman–Crippen LogP) is 5.48. The van der Waals surface area contributed by atoms with E-state index in [1.54, 1.807) is 0 Å². The van der Waals surface area contributed by atoms with Crippen LogP contribution >= 0.6 is 0 Å². The highest BCUT2D eigenvalue weighted by atomic mass is 28.4. The Morgan fingerprint density at radius 3 is 1.57 bits per heavy atom. The molecule has 1 nitrogen and oxygen atoms in total. The summed E-state index contributed by atoms with van der Waals surface area (Å²) >= 11 is 0. The van der Waals surface area contributed by atoms with Crippen molar-refractivity contribution >= 4 is 18.7 Å². The van der Waals surface area contributed by atoms with Crippen LogP contribution in [0.15, 0.2) is 121 Å². The van der Waals surface area contributed by atoms with E-state index in [4.69, 9.17) is 4.43 Å². The molecule has 0 spiro atoms. The van der Waals surface area contributed by atoms with Crippen molar-refractivity contribution in [1.82, 2.24) is 0 Å². The van der Waals surface area contributed by atoms with Gasteiger partial charge in [-0.25, -0.2) is 0 Å². The van der Waals surface area contributed by atoms with Crippen LogP contribution in [0.2, 0.25) is 6.55 Å². The molecule has 0 heterocycles. The van der Waals surface area contributed by atoms with Gasteiger partial charge in [-0.2, -0.15) is 0 Å². The normalized spacial score (nSPS) is 20.6. The molecule has 0 amide bonds. The highest BCUT2D eigenvalue weighted by Crippen LogP contribution is 2.62. The summed E-state index contributed by atoms with van der Waals surface area (Å²) in [5.74, 6) is 0.375. The Hall–Kier alpha value is -2.94. The molecule has 1 aliphatic carbocycles. The first-order valence-electron chi connectivity index (χ1n) is 10.6. The maximum absolute atomic E-state index is 7.40. The van der Waals surface area contributed by atoms with Gasteiger partial charge in [-0.3, -0.25) is 0 Å². The van der Waals surface area contributed by atoms with Gasteiger partial charge in [0.25, 0.3) is 8.32 Å². The van der Waals surface area contributed by atoms with Gasteiger partial charge >= 0.3 is 0 Å². The molecule has 4 aromatic carbocycles. The Morgan fingerprint density at radius 2 is 1.07 bits per heavy atom. The average molecular weight is 407 g/mol. The minimum atomic E-state index is -2.43. The third kappa shape index (κ3) is 3.32. The first-order chi connectivity index (χ1) is 14.7. The number of hydrogen-bond donors (Lipinski definition) is 0. The van der Waals surface area contributed by atoms with E-state index in [-0.39, 0.29) is 5.60 Å². The summed E-state index contributed by atoms with van der Waals surface area (Å²) in [6.45, 7) is 2.35. The fourth-order valence-electron chi connectivity index (χ4n) is 4.69. The lowest BCUT2D eigenvalue weighted by molar-refractivity contribution is 0.170. The van der Waals surface area contributed by atoms with Crippen molar-refractivity contribution < 1.29 is 4.43 Å². The van der Waals surface area contributed by atoms with Crippen molar-refractivity contribution in [3.63, 3.8) is 0 Å². The molecule has 0 aromatic heterocycles. The van der Waals surface area contributed by atoms with Crippen LogP contribution < -0.4 is 10.4 Å². The molecule has 2 heteroatoms. The number of benzene rings is 4. The summed E-state index contributed by atoms with van der Waals surface area (Å²) in [6, 6.07) is 43.3. The molecular weight excluding hydrogens is 380 g/mol. The van der Waals surface area contributed by atoms with E-state index in [0.717, 1.165) is 6.42 Å². The van der Waals surface area contributed by atoms with Gasteiger partial charge < -0.3 is 4.43 Å². The smallest absolute Gasteiger partial charge is 0.253 e.